The Labute approximate surface area is 95.5 Å². The van der Waals surface area contributed by atoms with Crippen molar-refractivity contribution < 1.29 is 9.90 Å². The van der Waals surface area contributed by atoms with Gasteiger partial charge in [0.1, 0.15) is 0 Å². The van der Waals surface area contributed by atoms with Crippen LogP contribution in [0, 0.1) is 21.8 Å². The summed E-state index contributed by atoms with van der Waals surface area (Å²) in [6.45, 7) is 1.82. The van der Waals surface area contributed by atoms with Crippen molar-refractivity contribution in [3.8, 4) is 6.07 Å². The molecule has 1 N–H and O–H groups in total. The minimum Gasteiger partial charge on any atom is -0.481 e. The lowest BCUT2D eigenvalue weighted by molar-refractivity contribution is -0.136. The van der Waals surface area contributed by atoms with Gasteiger partial charge >= 0.3 is 5.97 Å². The zero-order valence-corrected chi connectivity index (χ0v) is 9.70. The molecule has 0 saturated carbocycles. The Morgan fingerprint density at radius 3 is 2.71 bits per heavy atom. The molecule has 0 spiro atoms. The van der Waals surface area contributed by atoms with E-state index in [0.717, 1.165) is 14.7 Å². The normalized spacial score (nSPS) is 9.50. The van der Waals surface area contributed by atoms with E-state index in [0.29, 0.717) is 5.56 Å². The van der Waals surface area contributed by atoms with Crippen LogP contribution in [0.2, 0.25) is 0 Å². The van der Waals surface area contributed by atoms with E-state index in [9.17, 15) is 4.79 Å². The van der Waals surface area contributed by atoms with Crippen LogP contribution in [0.4, 0.5) is 0 Å². The third-order valence-corrected chi connectivity index (χ3v) is 2.84. The first kappa shape index (κ1) is 11.0. The summed E-state index contributed by atoms with van der Waals surface area (Å²) in [4.78, 5) is 10.6. The fraction of sp³-hybridized carbons (Fsp3) is 0.200. The first-order valence-electron chi connectivity index (χ1n) is 3.95. The number of carboxylic acids is 1. The van der Waals surface area contributed by atoms with Crippen molar-refractivity contribution in [1.82, 2.24) is 0 Å². The Kier molecular flexibility index (Phi) is 3.47. The second-order valence-electron chi connectivity index (χ2n) is 2.94. The largest absolute Gasteiger partial charge is 0.481 e. The molecule has 0 aliphatic heterocycles. The highest BCUT2D eigenvalue weighted by Gasteiger charge is 2.09. The molecule has 1 aromatic carbocycles. The van der Waals surface area contributed by atoms with Crippen LogP contribution < -0.4 is 0 Å². The molecule has 0 aromatic heterocycles. The smallest absolute Gasteiger partial charge is 0.307 e. The molecule has 1 rings (SSSR count). The summed E-state index contributed by atoms with van der Waals surface area (Å²) in [5.41, 5.74) is 2.22. The highest BCUT2D eigenvalue weighted by Crippen LogP contribution is 2.19. The van der Waals surface area contributed by atoms with E-state index in [4.69, 9.17) is 10.4 Å². The molecule has 14 heavy (non-hydrogen) atoms. The summed E-state index contributed by atoms with van der Waals surface area (Å²) >= 11 is 2.05. The first-order chi connectivity index (χ1) is 6.54. The van der Waals surface area contributed by atoms with Gasteiger partial charge in [-0.05, 0) is 52.8 Å². The van der Waals surface area contributed by atoms with Gasteiger partial charge in [0.15, 0.2) is 0 Å². The van der Waals surface area contributed by atoms with Gasteiger partial charge in [-0.15, -0.1) is 0 Å². The zero-order valence-electron chi connectivity index (χ0n) is 7.54. The molecule has 0 aliphatic carbocycles. The molecule has 0 bridgehead atoms. The summed E-state index contributed by atoms with van der Waals surface area (Å²) in [5, 5.41) is 17.4. The zero-order chi connectivity index (χ0) is 10.7. The molecule has 0 fully saturated rings. The summed E-state index contributed by atoms with van der Waals surface area (Å²) in [5.74, 6) is -0.851. The molecule has 0 unspecified atom stereocenters. The van der Waals surface area contributed by atoms with Gasteiger partial charge < -0.3 is 5.11 Å². The van der Waals surface area contributed by atoms with Crippen molar-refractivity contribution in [2.75, 3.05) is 0 Å². The Hall–Kier alpha value is -1.09. The molecule has 72 valence electrons. The summed E-state index contributed by atoms with van der Waals surface area (Å²) < 4.78 is 0.835. The number of benzene rings is 1. The quantitative estimate of drug-likeness (QED) is 0.851. The number of carbonyl (C=O) groups is 1. The second-order valence-corrected chi connectivity index (χ2v) is 4.10. The van der Waals surface area contributed by atoms with E-state index in [-0.39, 0.29) is 6.42 Å². The number of hydrogen-bond acceptors (Lipinski definition) is 2. The van der Waals surface area contributed by atoms with E-state index in [1.165, 1.54) is 0 Å². The van der Waals surface area contributed by atoms with Crippen molar-refractivity contribution >= 4 is 28.6 Å². The lowest BCUT2D eigenvalue weighted by Crippen LogP contribution is -2.04. The number of nitriles is 1. The fourth-order valence-corrected chi connectivity index (χ4v) is 2.17. The second kappa shape index (κ2) is 4.42. The standard InChI is InChI=1S/C10H8INO2/c1-6-2-7(5-12)3-9(11)8(6)4-10(13)14/h2-3H,4H2,1H3,(H,13,14). The molecule has 0 saturated heterocycles. The molecule has 0 atom stereocenters. The predicted molar refractivity (Wildman–Crippen MR) is 60.0 cm³/mol. The molecule has 0 amide bonds. The lowest BCUT2D eigenvalue weighted by Gasteiger charge is -2.06. The van der Waals surface area contributed by atoms with Crippen LogP contribution in [0.25, 0.3) is 0 Å². The van der Waals surface area contributed by atoms with Crippen molar-refractivity contribution in [1.29, 1.82) is 5.26 Å². The Bertz CT molecular complexity index is 398. The highest BCUT2D eigenvalue weighted by molar-refractivity contribution is 14.1. The Balaban J connectivity index is 3.19. The SMILES string of the molecule is Cc1cc(C#N)cc(I)c1CC(=O)O. The van der Waals surface area contributed by atoms with E-state index in [1.54, 1.807) is 12.1 Å². The number of halogens is 1. The van der Waals surface area contributed by atoms with Crippen LogP contribution in [0.3, 0.4) is 0 Å². The third kappa shape index (κ3) is 2.45. The maximum absolute atomic E-state index is 10.6. The van der Waals surface area contributed by atoms with Gasteiger partial charge in [-0.25, -0.2) is 0 Å². The molecule has 3 nitrogen and oxygen atoms in total. The Morgan fingerprint density at radius 2 is 2.29 bits per heavy atom. The highest BCUT2D eigenvalue weighted by atomic mass is 127. The van der Waals surface area contributed by atoms with Crippen molar-refractivity contribution in [3.63, 3.8) is 0 Å². The number of carboxylic acid groups (broad SMARTS) is 1. The average molecular weight is 301 g/mol. The number of nitrogens with zero attached hydrogens (tertiary/aromatic N) is 1. The van der Waals surface area contributed by atoms with Gasteiger partial charge in [-0.1, -0.05) is 0 Å². The lowest BCUT2D eigenvalue weighted by atomic mass is 10.0. The summed E-state index contributed by atoms with van der Waals surface area (Å²) in [6, 6.07) is 5.45. The fourth-order valence-electron chi connectivity index (χ4n) is 1.21. The van der Waals surface area contributed by atoms with Gasteiger partial charge in [-0.3, -0.25) is 4.79 Å². The molecular formula is C10H8INO2. The van der Waals surface area contributed by atoms with Crippen LogP contribution in [0.5, 0.6) is 0 Å². The van der Waals surface area contributed by atoms with Gasteiger partial charge in [-0.2, -0.15) is 5.26 Å². The van der Waals surface area contributed by atoms with E-state index >= 15 is 0 Å². The first-order valence-corrected chi connectivity index (χ1v) is 5.03. The number of aryl methyl sites for hydroxylation is 1. The van der Waals surface area contributed by atoms with Crippen LogP contribution in [0.1, 0.15) is 16.7 Å². The van der Waals surface area contributed by atoms with Gasteiger partial charge in [0.2, 0.25) is 0 Å². The summed E-state index contributed by atoms with van der Waals surface area (Å²) in [6.07, 6.45) is 0.00974. The van der Waals surface area contributed by atoms with E-state index in [1.807, 2.05) is 13.0 Å². The maximum Gasteiger partial charge on any atom is 0.307 e. The molecular weight excluding hydrogens is 293 g/mol. The number of aliphatic carboxylic acids is 1. The molecule has 0 heterocycles. The van der Waals surface area contributed by atoms with Gasteiger partial charge in [0, 0.05) is 3.57 Å². The van der Waals surface area contributed by atoms with E-state index in [2.05, 4.69) is 22.6 Å². The van der Waals surface area contributed by atoms with Crippen LogP contribution >= 0.6 is 22.6 Å². The minimum absolute atomic E-state index is 0.00974. The monoisotopic (exact) mass is 301 g/mol. The van der Waals surface area contributed by atoms with Gasteiger partial charge in [0.25, 0.3) is 0 Å². The van der Waals surface area contributed by atoms with Crippen molar-refractivity contribution in [2.24, 2.45) is 0 Å². The maximum atomic E-state index is 10.6. The predicted octanol–water partition coefficient (Wildman–Crippen LogP) is 2.10. The molecule has 0 aliphatic rings. The molecule has 1 aromatic rings. The Morgan fingerprint density at radius 1 is 1.64 bits per heavy atom. The average Bonchev–Trinajstić information content (AvgIpc) is 2.10. The van der Waals surface area contributed by atoms with Gasteiger partial charge in [0.05, 0.1) is 18.1 Å². The van der Waals surface area contributed by atoms with Crippen molar-refractivity contribution in [3.05, 3.63) is 32.4 Å². The van der Waals surface area contributed by atoms with Crippen molar-refractivity contribution in [2.45, 2.75) is 13.3 Å². The third-order valence-electron chi connectivity index (χ3n) is 1.88. The summed E-state index contributed by atoms with van der Waals surface area (Å²) in [7, 11) is 0. The topological polar surface area (TPSA) is 61.1 Å². The minimum atomic E-state index is -0.851. The van der Waals surface area contributed by atoms with Crippen LogP contribution in [-0.2, 0) is 11.2 Å². The number of rotatable bonds is 2. The van der Waals surface area contributed by atoms with Crippen LogP contribution in [-0.4, -0.2) is 11.1 Å². The van der Waals surface area contributed by atoms with E-state index < -0.39 is 5.97 Å². The molecule has 4 heteroatoms. The molecule has 0 radical (unpaired) electrons. The van der Waals surface area contributed by atoms with Crippen LogP contribution in [0.15, 0.2) is 12.1 Å². The number of hydrogen-bond donors (Lipinski definition) is 1.